The lowest BCUT2D eigenvalue weighted by Crippen LogP contribution is -2.24. The zero-order valence-corrected chi connectivity index (χ0v) is 15.9. The second-order valence-corrected chi connectivity index (χ2v) is 7.97. The van der Waals surface area contributed by atoms with Gasteiger partial charge in [-0.25, -0.2) is 18.2 Å². The van der Waals surface area contributed by atoms with E-state index in [2.05, 4.69) is 5.10 Å². The minimum atomic E-state index is -4.09. The summed E-state index contributed by atoms with van der Waals surface area (Å²) in [7, 11) is -4.09. The van der Waals surface area contributed by atoms with Crippen LogP contribution in [0.15, 0.2) is 59.6 Å². The summed E-state index contributed by atoms with van der Waals surface area (Å²) in [6.45, 7) is 1.78. The Bertz CT molecular complexity index is 1130. The van der Waals surface area contributed by atoms with Gasteiger partial charge in [-0.3, -0.25) is 4.79 Å². The Morgan fingerprint density at radius 1 is 1.19 bits per heavy atom. The van der Waals surface area contributed by atoms with Crippen LogP contribution in [-0.2, 0) is 14.8 Å². The number of nitrogens with zero attached hydrogens (tertiary/aromatic N) is 2. The molecule has 140 valence electrons. The summed E-state index contributed by atoms with van der Waals surface area (Å²) in [4.78, 5) is 12.0. The number of amides is 1. The largest absolute Gasteiger partial charge is 0.369 e. The van der Waals surface area contributed by atoms with E-state index in [1.165, 1.54) is 16.8 Å². The first-order valence-electron chi connectivity index (χ1n) is 7.91. The highest BCUT2D eigenvalue weighted by Gasteiger charge is 2.26. The quantitative estimate of drug-likeness (QED) is 0.676. The maximum Gasteiger partial charge on any atom is 0.240 e. The molecule has 3 rings (SSSR count). The molecule has 0 aliphatic carbocycles. The van der Waals surface area contributed by atoms with E-state index in [1.807, 2.05) is 0 Å². The summed E-state index contributed by atoms with van der Waals surface area (Å²) in [5.74, 6) is -1.58. The van der Waals surface area contributed by atoms with Crippen molar-refractivity contribution in [2.45, 2.75) is 17.7 Å². The van der Waals surface area contributed by atoms with Crippen LogP contribution in [0.1, 0.15) is 22.7 Å². The third-order valence-electron chi connectivity index (χ3n) is 4.09. The average molecular weight is 405 g/mol. The van der Waals surface area contributed by atoms with Gasteiger partial charge in [0, 0.05) is 11.2 Å². The topological polar surface area (TPSA) is 121 Å². The predicted molar refractivity (Wildman–Crippen MR) is 102 cm³/mol. The van der Waals surface area contributed by atoms with E-state index < -0.39 is 21.8 Å². The van der Waals surface area contributed by atoms with Gasteiger partial charge in [0.05, 0.1) is 17.3 Å². The SMILES string of the molecule is Cc1ccn(-c2ccc(C(C(N)=O)c3ccccc3Cl)cc2S(N)(=O)=O)n1. The molecule has 4 N–H and O–H groups in total. The Morgan fingerprint density at radius 2 is 1.89 bits per heavy atom. The maximum atomic E-state index is 12.2. The van der Waals surface area contributed by atoms with E-state index in [9.17, 15) is 13.2 Å². The van der Waals surface area contributed by atoms with Crippen LogP contribution in [-0.4, -0.2) is 24.1 Å². The summed E-state index contributed by atoms with van der Waals surface area (Å²) >= 11 is 6.21. The highest BCUT2D eigenvalue weighted by molar-refractivity contribution is 7.89. The molecule has 9 heteroatoms. The van der Waals surface area contributed by atoms with E-state index >= 15 is 0 Å². The number of benzene rings is 2. The van der Waals surface area contributed by atoms with Crippen molar-refractivity contribution < 1.29 is 13.2 Å². The molecular formula is C18H17ClN4O3S. The van der Waals surface area contributed by atoms with Gasteiger partial charge in [-0.1, -0.05) is 35.9 Å². The van der Waals surface area contributed by atoms with Gasteiger partial charge in [0.25, 0.3) is 0 Å². The second kappa shape index (κ2) is 7.15. The molecule has 7 nitrogen and oxygen atoms in total. The number of halogens is 1. The van der Waals surface area contributed by atoms with Crippen LogP contribution in [0.3, 0.4) is 0 Å². The summed E-state index contributed by atoms with van der Waals surface area (Å²) < 4.78 is 25.8. The van der Waals surface area contributed by atoms with Gasteiger partial charge in [-0.15, -0.1) is 0 Å². The number of aromatic nitrogens is 2. The van der Waals surface area contributed by atoms with Crippen LogP contribution in [0.4, 0.5) is 0 Å². The van der Waals surface area contributed by atoms with E-state index in [1.54, 1.807) is 49.5 Å². The van der Waals surface area contributed by atoms with Crippen molar-refractivity contribution >= 4 is 27.5 Å². The minimum Gasteiger partial charge on any atom is -0.369 e. The van der Waals surface area contributed by atoms with E-state index in [0.717, 1.165) is 0 Å². The highest BCUT2D eigenvalue weighted by atomic mass is 35.5. The normalized spacial score (nSPS) is 12.7. The standard InChI is InChI=1S/C18H17ClN4O3S/c1-11-8-9-23(22-11)15-7-6-12(10-16(15)27(21,25)26)17(18(20)24)13-4-2-3-5-14(13)19/h2-10,17H,1H3,(H2,20,24)(H2,21,25,26). The van der Waals surface area contributed by atoms with Crippen LogP contribution in [0.25, 0.3) is 5.69 Å². The molecule has 1 heterocycles. The molecule has 1 amide bonds. The van der Waals surface area contributed by atoms with Crippen LogP contribution >= 0.6 is 11.6 Å². The number of hydrogen-bond acceptors (Lipinski definition) is 4. The first kappa shape index (κ1) is 19.1. The van der Waals surface area contributed by atoms with E-state index in [4.69, 9.17) is 22.5 Å². The van der Waals surface area contributed by atoms with Crippen molar-refractivity contribution in [1.29, 1.82) is 0 Å². The third-order valence-corrected chi connectivity index (χ3v) is 5.38. The zero-order valence-electron chi connectivity index (χ0n) is 14.3. The highest BCUT2D eigenvalue weighted by Crippen LogP contribution is 2.32. The maximum absolute atomic E-state index is 12.2. The molecule has 0 fully saturated rings. The van der Waals surface area contributed by atoms with Crippen molar-refractivity contribution in [2.24, 2.45) is 10.9 Å². The minimum absolute atomic E-state index is 0.165. The van der Waals surface area contributed by atoms with Gasteiger partial charge in [0.15, 0.2) is 0 Å². The van der Waals surface area contributed by atoms with E-state index in [0.29, 0.717) is 21.8 Å². The lowest BCUT2D eigenvalue weighted by atomic mass is 9.90. The first-order valence-corrected chi connectivity index (χ1v) is 9.84. The number of primary amides is 1. The predicted octanol–water partition coefficient (Wildman–Crippen LogP) is 2.10. The number of rotatable bonds is 5. The number of hydrogen-bond donors (Lipinski definition) is 2. The molecule has 1 atom stereocenters. The molecule has 1 unspecified atom stereocenters. The Balaban J connectivity index is 2.22. The van der Waals surface area contributed by atoms with Gasteiger partial charge < -0.3 is 5.73 Å². The number of primary sulfonamides is 1. The molecule has 0 radical (unpaired) electrons. The van der Waals surface area contributed by atoms with Gasteiger partial charge in [-0.2, -0.15) is 5.10 Å². The molecule has 1 aromatic heterocycles. The summed E-state index contributed by atoms with van der Waals surface area (Å²) in [5.41, 5.74) is 7.42. The smallest absolute Gasteiger partial charge is 0.240 e. The Labute approximate surface area is 161 Å². The first-order chi connectivity index (χ1) is 12.7. The lowest BCUT2D eigenvalue weighted by molar-refractivity contribution is -0.118. The van der Waals surface area contributed by atoms with Crippen molar-refractivity contribution in [3.8, 4) is 5.69 Å². The van der Waals surface area contributed by atoms with Gasteiger partial charge in [0.1, 0.15) is 4.90 Å². The second-order valence-electron chi connectivity index (χ2n) is 6.03. The Hall–Kier alpha value is -2.68. The van der Waals surface area contributed by atoms with Crippen molar-refractivity contribution in [3.63, 3.8) is 0 Å². The van der Waals surface area contributed by atoms with Crippen molar-refractivity contribution in [2.75, 3.05) is 0 Å². The van der Waals surface area contributed by atoms with Crippen LogP contribution in [0, 0.1) is 6.92 Å². The summed E-state index contributed by atoms with van der Waals surface area (Å²) in [5, 5.41) is 9.98. The third kappa shape index (κ3) is 3.87. The summed E-state index contributed by atoms with van der Waals surface area (Å²) in [6, 6.07) is 13.0. The molecule has 27 heavy (non-hydrogen) atoms. The molecule has 2 aromatic carbocycles. The van der Waals surface area contributed by atoms with Gasteiger partial charge in [-0.05, 0) is 42.3 Å². The Kier molecular flexibility index (Phi) is 5.05. The molecule has 0 saturated carbocycles. The van der Waals surface area contributed by atoms with Crippen LogP contribution in [0.2, 0.25) is 5.02 Å². The van der Waals surface area contributed by atoms with E-state index in [-0.39, 0.29) is 10.6 Å². The van der Waals surface area contributed by atoms with Crippen molar-refractivity contribution in [1.82, 2.24) is 9.78 Å². The number of sulfonamides is 1. The molecule has 3 aromatic rings. The van der Waals surface area contributed by atoms with Crippen LogP contribution < -0.4 is 10.9 Å². The molecule has 0 aliphatic rings. The van der Waals surface area contributed by atoms with Crippen LogP contribution in [0.5, 0.6) is 0 Å². The monoisotopic (exact) mass is 404 g/mol. The fourth-order valence-electron chi connectivity index (χ4n) is 2.88. The fraction of sp³-hybridized carbons (Fsp3) is 0.111. The average Bonchev–Trinajstić information content (AvgIpc) is 3.02. The number of aryl methyl sites for hydroxylation is 1. The number of nitrogens with two attached hydrogens (primary N) is 2. The molecule has 0 saturated heterocycles. The fourth-order valence-corrected chi connectivity index (χ4v) is 3.88. The lowest BCUT2D eigenvalue weighted by Gasteiger charge is -2.18. The summed E-state index contributed by atoms with van der Waals surface area (Å²) in [6.07, 6.45) is 1.62. The molecular weight excluding hydrogens is 388 g/mol. The number of carbonyl (C=O) groups is 1. The molecule has 0 aliphatic heterocycles. The van der Waals surface area contributed by atoms with Gasteiger partial charge >= 0.3 is 0 Å². The van der Waals surface area contributed by atoms with Gasteiger partial charge in [0.2, 0.25) is 15.9 Å². The number of carbonyl (C=O) groups excluding carboxylic acids is 1. The molecule has 0 spiro atoms. The zero-order chi connectivity index (χ0) is 19.8. The Morgan fingerprint density at radius 3 is 2.44 bits per heavy atom. The molecule has 0 bridgehead atoms. The van der Waals surface area contributed by atoms with Crippen molar-refractivity contribution in [3.05, 3.63) is 76.6 Å².